The van der Waals surface area contributed by atoms with Gasteiger partial charge in [0.05, 0.1) is 6.42 Å². The number of amides is 1. The van der Waals surface area contributed by atoms with Gasteiger partial charge in [0.2, 0.25) is 5.91 Å². The molecule has 0 saturated carbocycles. The van der Waals surface area contributed by atoms with Crippen molar-refractivity contribution in [2.24, 2.45) is 0 Å². The summed E-state index contributed by atoms with van der Waals surface area (Å²) in [6.45, 7) is 1.73. The molecular weight excluding hydrogens is 271 g/mol. The summed E-state index contributed by atoms with van der Waals surface area (Å²) in [4.78, 5) is 11.8. The molecule has 0 aromatic heterocycles. The fourth-order valence-electron chi connectivity index (χ4n) is 2.07. The second-order valence-corrected chi connectivity index (χ2v) is 5.35. The predicted octanol–water partition coefficient (Wildman–Crippen LogP) is 2.40. The Morgan fingerprint density at radius 3 is 2.94 bits per heavy atom. The molecule has 1 saturated heterocycles. The van der Waals surface area contributed by atoms with Gasteiger partial charge in [-0.3, -0.25) is 4.79 Å². The standard InChI is InChI=1S/C13H16Cl2N2O/c14-10-4-3-9(12(15)7-10)6-13(18)17-8-11-2-1-5-16-11/h3-4,7,11,16H,1-2,5-6,8H2,(H,17,18). The van der Waals surface area contributed by atoms with E-state index >= 15 is 0 Å². The zero-order valence-corrected chi connectivity index (χ0v) is 11.5. The highest BCUT2D eigenvalue weighted by molar-refractivity contribution is 6.35. The van der Waals surface area contributed by atoms with E-state index in [0.29, 0.717) is 29.1 Å². The quantitative estimate of drug-likeness (QED) is 0.893. The molecule has 2 N–H and O–H groups in total. The van der Waals surface area contributed by atoms with Crippen molar-refractivity contribution in [2.45, 2.75) is 25.3 Å². The Bertz CT molecular complexity index is 431. The molecule has 0 spiro atoms. The average molecular weight is 287 g/mol. The van der Waals surface area contributed by atoms with E-state index in [1.807, 2.05) is 0 Å². The Labute approximate surface area is 117 Å². The van der Waals surface area contributed by atoms with Gasteiger partial charge in [0, 0.05) is 22.6 Å². The van der Waals surface area contributed by atoms with E-state index in [-0.39, 0.29) is 5.91 Å². The molecule has 1 fully saturated rings. The third-order valence-corrected chi connectivity index (χ3v) is 3.66. The fourth-order valence-corrected chi connectivity index (χ4v) is 2.54. The first-order chi connectivity index (χ1) is 8.65. The van der Waals surface area contributed by atoms with Crippen LogP contribution in [0, 0.1) is 0 Å². The van der Waals surface area contributed by atoms with Crippen LogP contribution in [0.25, 0.3) is 0 Å². The van der Waals surface area contributed by atoms with E-state index in [1.165, 1.54) is 6.42 Å². The van der Waals surface area contributed by atoms with Crippen molar-refractivity contribution in [3.05, 3.63) is 33.8 Å². The van der Waals surface area contributed by atoms with Gasteiger partial charge in [-0.2, -0.15) is 0 Å². The Morgan fingerprint density at radius 1 is 1.44 bits per heavy atom. The Morgan fingerprint density at radius 2 is 2.28 bits per heavy atom. The number of nitrogens with one attached hydrogen (secondary N) is 2. The van der Waals surface area contributed by atoms with E-state index in [4.69, 9.17) is 23.2 Å². The lowest BCUT2D eigenvalue weighted by Gasteiger charge is -2.11. The van der Waals surface area contributed by atoms with Crippen molar-refractivity contribution < 1.29 is 4.79 Å². The normalized spacial score (nSPS) is 18.9. The van der Waals surface area contributed by atoms with E-state index in [0.717, 1.165) is 18.5 Å². The molecule has 1 heterocycles. The molecule has 1 atom stereocenters. The van der Waals surface area contributed by atoms with Crippen LogP contribution in [0.15, 0.2) is 18.2 Å². The zero-order chi connectivity index (χ0) is 13.0. The molecule has 1 aliphatic rings. The van der Waals surface area contributed by atoms with Crippen molar-refractivity contribution in [1.29, 1.82) is 0 Å². The predicted molar refractivity (Wildman–Crippen MR) is 74.2 cm³/mol. The molecule has 5 heteroatoms. The molecule has 1 aliphatic heterocycles. The second-order valence-electron chi connectivity index (χ2n) is 4.51. The van der Waals surface area contributed by atoms with Crippen LogP contribution < -0.4 is 10.6 Å². The van der Waals surface area contributed by atoms with Crippen molar-refractivity contribution >= 4 is 29.1 Å². The molecule has 0 radical (unpaired) electrons. The topological polar surface area (TPSA) is 41.1 Å². The lowest BCUT2D eigenvalue weighted by molar-refractivity contribution is -0.120. The van der Waals surface area contributed by atoms with Crippen molar-refractivity contribution in [3.63, 3.8) is 0 Å². The number of hydrogen-bond donors (Lipinski definition) is 2. The molecule has 98 valence electrons. The number of rotatable bonds is 4. The van der Waals surface area contributed by atoms with Gasteiger partial charge in [-0.25, -0.2) is 0 Å². The van der Waals surface area contributed by atoms with E-state index in [9.17, 15) is 4.79 Å². The highest BCUT2D eigenvalue weighted by Crippen LogP contribution is 2.21. The highest BCUT2D eigenvalue weighted by atomic mass is 35.5. The van der Waals surface area contributed by atoms with Gasteiger partial charge in [0.25, 0.3) is 0 Å². The number of carbonyl (C=O) groups excluding carboxylic acids is 1. The highest BCUT2D eigenvalue weighted by Gasteiger charge is 2.15. The summed E-state index contributed by atoms with van der Waals surface area (Å²) >= 11 is 11.8. The Kier molecular flexibility index (Phi) is 4.87. The van der Waals surface area contributed by atoms with Gasteiger partial charge in [-0.15, -0.1) is 0 Å². The van der Waals surface area contributed by atoms with Crippen molar-refractivity contribution in [3.8, 4) is 0 Å². The summed E-state index contributed by atoms with van der Waals surface area (Å²) in [5.74, 6) is -0.00655. The smallest absolute Gasteiger partial charge is 0.224 e. The van der Waals surface area contributed by atoms with Crippen LogP contribution >= 0.6 is 23.2 Å². The second kappa shape index (κ2) is 6.41. The molecule has 18 heavy (non-hydrogen) atoms. The van der Waals surface area contributed by atoms with Crippen LogP contribution in [-0.2, 0) is 11.2 Å². The van der Waals surface area contributed by atoms with Crippen molar-refractivity contribution in [1.82, 2.24) is 10.6 Å². The average Bonchev–Trinajstić information content (AvgIpc) is 2.83. The molecule has 1 unspecified atom stereocenters. The minimum atomic E-state index is -0.00655. The molecule has 0 bridgehead atoms. The van der Waals surface area contributed by atoms with E-state index in [1.54, 1.807) is 18.2 Å². The SMILES string of the molecule is O=C(Cc1ccc(Cl)cc1Cl)NCC1CCCN1. The molecular formula is C13H16Cl2N2O. The third kappa shape index (κ3) is 3.87. The third-order valence-electron chi connectivity index (χ3n) is 3.07. The fraction of sp³-hybridized carbons (Fsp3) is 0.462. The summed E-state index contributed by atoms with van der Waals surface area (Å²) in [7, 11) is 0. The Balaban J connectivity index is 1.82. The van der Waals surface area contributed by atoms with E-state index in [2.05, 4.69) is 10.6 Å². The number of hydrogen-bond acceptors (Lipinski definition) is 2. The zero-order valence-electron chi connectivity index (χ0n) is 10.0. The lowest BCUT2D eigenvalue weighted by atomic mass is 10.1. The minimum absolute atomic E-state index is 0.00655. The summed E-state index contributed by atoms with van der Waals surface area (Å²) in [5, 5.41) is 7.38. The van der Waals surface area contributed by atoms with Gasteiger partial charge >= 0.3 is 0 Å². The molecule has 0 aliphatic carbocycles. The van der Waals surface area contributed by atoms with Gasteiger partial charge in [-0.05, 0) is 37.1 Å². The minimum Gasteiger partial charge on any atom is -0.354 e. The number of carbonyl (C=O) groups is 1. The number of benzene rings is 1. The summed E-state index contributed by atoms with van der Waals surface area (Å²) in [6, 6.07) is 5.60. The maximum Gasteiger partial charge on any atom is 0.224 e. The lowest BCUT2D eigenvalue weighted by Crippen LogP contribution is -2.37. The van der Waals surface area contributed by atoms with Crippen LogP contribution in [0.4, 0.5) is 0 Å². The van der Waals surface area contributed by atoms with Crippen LogP contribution in [0.2, 0.25) is 10.0 Å². The van der Waals surface area contributed by atoms with Crippen LogP contribution in [0.5, 0.6) is 0 Å². The van der Waals surface area contributed by atoms with Crippen molar-refractivity contribution in [2.75, 3.05) is 13.1 Å². The van der Waals surface area contributed by atoms with Gasteiger partial charge in [0.1, 0.15) is 0 Å². The van der Waals surface area contributed by atoms with Crippen LogP contribution in [-0.4, -0.2) is 25.0 Å². The van der Waals surface area contributed by atoms with Crippen LogP contribution in [0.1, 0.15) is 18.4 Å². The first-order valence-corrected chi connectivity index (χ1v) is 6.85. The maximum atomic E-state index is 11.8. The van der Waals surface area contributed by atoms with Gasteiger partial charge in [-0.1, -0.05) is 29.3 Å². The summed E-state index contributed by atoms with van der Waals surface area (Å²) in [6.07, 6.45) is 2.61. The Hall–Kier alpha value is -0.770. The largest absolute Gasteiger partial charge is 0.354 e. The first kappa shape index (κ1) is 13.7. The summed E-state index contributed by atoms with van der Waals surface area (Å²) < 4.78 is 0. The molecule has 1 aromatic rings. The molecule has 2 rings (SSSR count). The van der Waals surface area contributed by atoms with Gasteiger partial charge in [0.15, 0.2) is 0 Å². The molecule has 3 nitrogen and oxygen atoms in total. The first-order valence-electron chi connectivity index (χ1n) is 6.09. The molecule has 1 amide bonds. The van der Waals surface area contributed by atoms with Gasteiger partial charge < -0.3 is 10.6 Å². The number of halogens is 2. The van der Waals surface area contributed by atoms with Crippen LogP contribution in [0.3, 0.4) is 0 Å². The molecule has 1 aromatic carbocycles. The monoisotopic (exact) mass is 286 g/mol. The van der Waals surface area contributed by atoms with E-state index < -0.39 is 0 Å². The summed E-state index contributed by atoms with van der Waals surface area (Å²) in [5.41, 5.74) is 0.804. The maximum absolute atomic E-state index is 11.8.